The Morgan fingerprint density at radius 3 is 2.43 bits per heavy atom. The van der Waals surface area contributed by atoms with Gasteiger partial charge < -0.3 is 24.2 Å². The number of nitrogens with zero attached hydrogens (tertiary/aromatic N) is 1. The number of rotatable bonds is 12. The molecule has 0 aliphatic carbocycles. The van der Waals surface area contributed by atoms with Gasteiger partial charge in [-0.2, -0.15) is 0 Å². The fourth-order valence-electron chi connectivity index (χ4n) is 3.95. The topological polar surface area (TPSA) is 85.3 Å². The van der Waals surface area contributed by atoms with E-state index in [1.165, 1.54) is 4.90 Å². The Kier molecular flexibility index (Phi) is 9.32. The van der Waals surface area contributed by atoms with Gasteiger partial charge in [0.1, 0.15) is 17.3 Å². The van der Waals surface area contributed by atoms with Gasteiger partial charge in [0.25, 0.3) is 11.7 Å². The van der Waals surface area contributed by atoms with Gasteiger partial charge in [0.15, 0.2) is 0 Å². The molecule has 0 bridgehead atoms. The van der Waals surface area contributed by atoms with Crippen LogP contribution in [-0.2, 0) is 14.3 Å². The molecule has 1 fully saturated rings. The molecule has 7 heteroatoms. The van der Waals surface area contributed by atoms with Crippen LogP contribution in [0.4, 0.5) is 0 Å². The van der Waals surface area contributed by atoms with Crippen molar-refractivity contribution in [2.45, 2.75) is 39.7 Å². The lowest BCUT2D eigenvalue weighted by atomic mass is 9.95. The fourth-order valence-corrected chi connectivity index (χ4v) is 3.95. The minimum absolute atomic E-state index is 0.0654. The van der Waals surface area contributed by atoms with Gasteiger partial charge in [0.05, 0.1) is 24.8 Å². The molecular formula is C28H35NO6. The summed E-state index contributed by atoms with van der Waals surface area (Å²) in [5, 5.41) is 11.3. The number of likely N-dealkylation sites (tertiary alicyclic amines) is 1. The number of carbonyl (C=O) groups is 2. The summed E-state index contributed by atoms with van der Waals surface area (Å²) in [6, 6.07) is 13.5. The number of hydrogen-bond acceptors (Lipinski definition) is 6. The molecule has 1 atom stereocenters. The highest BCUT2D eigenvalue weighted by Crippen LogP contribution is 2.40. The van der Waals surface area contributed by atoms with Gasteiger partial charge in [0, 0.05) is 25.8 Å². The number of ketones is 1. The molecule has 1 amide bonds. The molecule has 1 saturated heterocycles. The van der Waals surface area contributed by atoms with E-state index in [-0.39, 0.29) is 11.3 Å². The van der Waals surface area contributed by atoms with E-state index in [4.69, 9.17) is 14.2 Å². The number of aliphatic hydroxyl groups is 1. The van der Waals surface area contributed by atoms with Gasteiger partial charge in [-0.25, -0.2) is 0 Å². The number of aliphatic hydroxyl groups excluding tert-OH is 1. The summed E-state index contributed by atoms with van der Waals surface area (Å²) < 4.78 is 16.6. The second-order valence-corrected chi connectivity index (χ2v) is 8.99. The number of benzene rings is 2. The standard InChI is InChI=1S/C28H35NO6/c1-5-15-34-22-12-10-20(11-13-22)25-24(27(31)28(32)29(25)14-7-16-33-4)26(30)21-8-6-9-23(17-21)35-18-19(2)3/h6,8-13,17,19,25,30H,5,7,14-16,18H2,1-4H3/b26-24-. The minimum atomic E-state index is -0.715. The summed E-state index contributed by atoms with van der Waals surface area (Å²) in [5.41, 5.74) is 1.21. The average Bonchev–Trinajstić information content (AvgIpc) is 3.11. The van der Waals surface area contributed by atoms with E-state index in [0.29, 0.717) is 55.8 Å². The van der Waals surface area contributed by atoms with Gasteiger partial charge in [-0.3, -0.25) is 9.59 Å². The van der Waals surface area contributed by atoms with Gasteiger partial charge in [-0.05, 0) is 48.6 Å². The number of Topliss-reactive ketones (excluding diaryl/α,β-unsaturated/α-hetero) is 1. The number of hydrogen-bond donors (Lipinski definition) is 1. The SMILES string of the molecule is CCCOc1ccc(C2/C(=C(/O)c3cccc(OCC(C)C)c3)C(=O)C(=O)N2CCCOC)cc1. The first-order valence-electron chi connectivity index (χ1n) is 12.1. The van der Waals surface area contributed by atoms with Crippen molar-refractivity contribution in [3.05, 3.63) is 65.2 Å². The summed E-state index contributed by atoms with van der Waals surface area (Å²) in [5.74, 6) is 0.0849. The monoisotopic (exact) mass is 481 g/mol. The number of methoxy groups -OCH3 is 1. The van der Waals surface area contributed by atoms with Crippen molar-refractivity contribution in [2.75, 3.05) is 33.5 Å². The highest BCUT2D eigenvalue weighted by molar-refractivity contribution is 6.46. The first-order valence-corrected chi connectivity index (χ1v) is 12.1. The third-order valence-corrected chi connectivity index (χ3v) is 5.65. The molecule has 0 aromatic heterocycles. The molecule has 1 unspecified atom stereocenters. The van der Waals surface area contributed by atoms with Crippen LogP contribution in [0.25, 0.3) is 5.76 Å². The molecule has 0 saturated carbocycles. The molecule has 188 valence electrons. The number of ether oxygens (including phenoxy) is 3. The molecule has 1 heterocycles. The van der Waals surface area contributed by atoms with E-state index in [1.807, 2.05) is 45.0 Å². The van der Waals surface area contributed by atoms with Crippen LogP contribution < -0.4 is 9.47 Å². The van der Waals surface area contributed by atoms with E-state index >= 15 is 0 Å². The van der Waals surface area contributed by atoms with Gasteiger partial charge in [-0.15, -0.1) is 0 Å². The fraction of sp³-hybridized carbons (Fsp3) is 0.429. The lowest BCUT2D eigenvalue weighted by Crippen LogP contribution is -2.31. The second kappa shape index (κ2) is 12.4. The summed E-state index contributed by atoms with van der Waals surface area (Å²) >= 11 is 0. The molecule has 3 rings (SSSR count). The molecule has 7 nitrogen and oxygen atoms in total. The van der Waals surface area contributed by atoms with Crippen LogP contribution in [0.2, 0.25) is 0 Å². The Labute approximate surface area is 207 Å². The van der Waals surface area contributed by atoms with Crippen LogP contribution in [-0.4, -0.2) is 55.2 Å². The Morgan fingerprint density at radius 1 is 1.03 bits per heavy atom. The molecule has 35 heavy (non-hydrogen) atoms. The molecule has 2 aromatic carbocycles. The first kappa shape index (κ1) is 26.3. The zero-order valence-electron chi connectivity index (χ0n) is 21.0. The summed E-state index contributed by atoms with van der Waals surface area (Å²) in [6.07, 6.45) is 1.46. The van der Waals surface area contributed by atoms with Gasteiger partial charge in [0.2, 0.25) is 0 Å². The third kappa shape index (κ3) is 6.42. The Bertz CT molecular complexity index is 1040. The molecule has 1 aliphatic rings. The van der Waals surface area contributed by atoms with E-state index in [9.17, 15) is 14.7 Å². The zero-order chi connectivity index (χ0) is 25.4. The van der Waals surface area contributed by atoms with Crippen LogP contribution in [0.1, 0.15) is 50.8 Å². The third-order valence-electron chi connectivity index (χ3n) is 5.65. The van der Waals surface area contributed by atoms with Crippen LogP contribution in [0.15, 0.2) is 54.1 Å². The van der Waals surface area contributed by atoms with Crippen molar-refractivity contribution in [2.24, 2.45) is 5.92 Å². The molecule has 1 aliphatic heterocycles. The molecule has 0 spiro atoms. The van der Waals surface area contributed by atoms with Crippen LogP contribution in [0.3, 0.4) is 0 Å². The molecule has 2 aromatic rings. The predicted octanol–water partition coefficient (Wildman–Crippen LogP) is 4.97. The van der Waals surface area contributed by atoms with E-state index in [2.05, 4.69) is 0 Å². The van der Waals surface area contributed by atoms with E-state index in [1.54, 1.807) is 31.4 Å². The van der Waals surface area contributed by atoms with Crippen LogP contribution in [0.5, 0.6) is 11.5 Å². The molecule has 0 radical (unpaired) electrons. The van der Waals surface area contributed by atoms with E-state index < -0.39 is 17.7 Å². The van der Waals surface area contributed by atoms with Crippen molar-refractivity contribution in [1.29, 1.82) is 0 Å². The van der Waals surface area contributed by atoms with Crippen molar-refractivity contribution >= 4 is 17.4 Å². The van der Waals surface area contributed by atoms with Gasteiger partial charge in [-0.1, -0.05) is 45.0 Å². The van der Waals surface area contributed by atoms with Crippen LogP contribution in [0, 0.1) is 5.92 Å². The molecule has 1 N–H and O–H groups in total. The maximum absolute atomic E-state index is 13.2. The van der Waals surface area contributed by atoms with Crippen molar-refractivity contribution in [1.82, 2.24) is 4.90 Å². The maximum Gasteiger partial charge on any atom is 0.295 e. The largest absolute Gasteiger partial charge is 0.507 e. The first-order chi connectivity index (χ1) is 16.9. The normalized spacial score (nSPS) is 17.3. The number of amides is 1. The predicted molar refractivity (Wildman–Crippen MR) is 135 cm³/mol. The highest BCUT2D eigenvalue weighted by Gasteiger charge is 2.45. The smallest absolute Gasteiger partial charge is 0.295 e. The van der Waals surface area contributed by atoms with Gasteiger partial charge >= 0.3 is 0 Å². The summed E-state index contributed by atoms with van der Waals surface area (Å²) in [4.78, 5) is 27.7. The number of carbonyl (C=O) groups excluding carboxylic acids is 2. The van der Waals surface area contributed by atoms with Crippen molar-refractivity contribution in [3.63, 3.8) is 0 Å². The maximum atomic E-state index is 13.2. The quantitative estimate of drug-likeness (QED) is 0.199. The average molecular weight is 482 g/mol. The summed E-state index contributed by atoms with van der Waals surface area (Å²) in [7, 11) is 1.59. The van der Waals surface area contributed by atoms with Crippen molar-refractivity contribution in [3.8, 4) is 11.5 Å². The zero-order valence-corrected chi connectivity index (χ0v) is 21.0. The van der Waals surface area contributed by atoms with Crippen LogP contribution >= 0.6 is 0 Å². The lowest BCUT2D eigenvalue weighted by molar-refractivity contribution is -0.140. The second-order valence-electron chi connectivity index (χ2n) is 8.99. The lowest BCUT2D eigenvalue weighted by Gasteiger charge is -2.25. The highest BCUT2D eigenvalue weighted by atomic mass is 16.5. The van der Waals surface area contributed by atoms with Crippen molar-refractivity contribution < 1.29 is 28.9 Å². The summed E-state index contributed by atoms with van der Waals surface area (Å²) in [6.45, 7) is 8.04. The molecular weight excluding hydrogens is 446 g/mol. The Morgan fingerprint density at radius 2 is 1.77 bits per heavy atom. The minimum Gasteiger partial charge on any atom is -0.507 e. The Hall–Kier alpha value is -3.32. The Balaban J connectivity index is 2.02. The van der Waals surface area contributed by atoms with E-state index in [0.717, 1.165) is 12.0 Å².